The first-order chi connectivity index (χ1) is 12.5. The first kappa shape index (κ1) is 18.1. The highest BCUT2D eigenvalue weighted by Crippen LogP contribution is 2.17. The second kappa shape index (κ2) is 8.11. The second-order valence-electron chi connectivity index (χ2n) is 5.27. The Balaban J connectivity index is 1.51. The number of fused-ring (bicyclic) bond motifs is 1. The van der Waals surface area contributed by atoms with Crippen LogP contribution in [0.25, 0.3) is 4.96 Å². The molecule has 0 aliphatic heterocycles. The van der Waals surface area contributed by atoms with E-state index in [4.69, 9.17) is 0 Å². The quantitative estimate of drug-likeness (QED) is 0.666. The number of benzene rings is 1. The topological polar surface area (TPSA) is 105 Å². The Morgan fingerprint density at radius 2 is 1.85 bits per heavy atom. The number of para-hydroxylation sites is 1. The summed E-state index contributed by atoms with van der Waals surface area (Å²) >= 11 is 2.42. The number of hydrogen-bond donors (Lipinski definition) is 2. The molecule has 0 saturated heterocycles. The molecule has 0 atom stereocenters. The van der Waals surface area contributed by atoms with E-state index in [0.717, 1.165) is 5.69 Å². The summed E-state index contributed by atoms with van der Waals surface area (Å²) in [6, 6.07) is 9.12. The highest BCUT2D eigenvalue weighted by molar-refractivity contribution is 8.00. The van der Waals surface area contributed by atoms with E-state index in [1.165, 1.54) is 27.6 Å². The van der Waals surface area contributed by atoms with Crippen molar-refractivity contribution in [3.63, 3.8) is 0 Å². The van der Waals surface area contributed by atoms with Gasteiger partial charge in [-0.2, -0.15) is 14.6 Å². The molecular weight excluding hydrogens is 374 g/mol. The molecule has 134 valence electrons. The van der Waals surface area contributed by atoms with Gasteiger partial charge in [0.15, 0.2) is 0 Å². The smallest absolute Gasteiger partial charge is 0.295 e. The van der Waals surface area contributed by atoms with E-state index in [1.807, 2.05) is 18.2 Å². The van der Waals surface area contributed by atoms with Crippen LogP contribution in [0.3, 0.4) is 0 Å². The SMILES string of the molecule is Cc1nn2c(NC(=O)CSCC(=O)Nc3ccccc3)csc2nc1=O. The lowest BCUT2D eigenvalue weighted by molar-refractivity contribution is -0.114. The first-order valence-electron chi connectivity index (χ1n) is 7.60. The Bertz CT molecular complexity index is 1000. The van der Waals surface area contributed by atoms with Crippen LogP contribution < -0.4 is 16.2 Å². The number of thioether (sulfide) groups is 1. The number of anilines is 2. The van der Waals surface area contributed by atoms with Crippen LogP contribution in [0.1, 0.15) is 5.69 Å². The maximum Gasteiger partial charge on any atom is 0.295 e. The van der Waals surface area contributed by atoms with Gasteiger partial charge in [0.1, 0.15) is 11.5 Å². The number of rotatable bonds is 6. The lowest BCUT2D eigenvalue weighted by Gasteiger charge is -2.06. The molecule has 0 fully saturated rings. The fourth-order valence-electron chi connectivity index (χ4n) is 2.06. The van der Waals surface area contributed by atoms with E-state index in [-0.39, 0.29) is 34.6 Å². The molecule has 0 unspecified atom stereocenters. The maximum atomic E-state index is 12.1. The average molecular weight is 389 g/mol. The number of hydrogen-bond acceptors (Lipinski definition) is 7. The van der Waals surface area contributed by atoms with Gasteiger partial charge in [0.25, 0.3) is 5.56 Å². The molecule has 8 nitrogen and oxygen atoms in total. The number of thiazole rings is 1. The van der Waals surface area contributed by atoms with E-state index >= 15 is 0 Å². The van der Waals surface area contributed by atoms with Crippen LogP contribution in [0.15, 0.2) is 40.5 Å². The van der Waals surface area contributed by atoms with Crippen LogP contribution in [0.4, 0.5) is 11.5 Å². The lowest BCUT2D eigenvalue weighted by Crippen LogP contribution is -2.20. The van der Waals surface area contributed by atoms with Crippen molar-refractivity contribution in [3.8, 4) is 0 Å². The summed E-state index contributed by atoms with van der Waals surface area (Å²) in [5, 5.41) is 11.2. The zero-order valence-corrected chi connectivity index (χ0v) is 15.4. The number of amides is 2. The minimum absolute atomic E-state index is 0.117. The van der Waals surface area contributed by atoms with Crippen molar-refractivity contribution in [2.75, 3.05) is 22.1 Å². The van der Waals surface area contributed by atoms with Crippen molar-refractivity contribution in [2.45, 2.75) is 6.92 Å². The Labute approximate surface area is 156 Å². The molecule has 3 aromatic rings. The third-order valence-corrected chi connectivity index (χ3v) is 4.98. The minimum atomic E-state index is -0.385. The number of aromatic nitrogens is 3. The zero-order valence-electron chi connectivity index (χ0n) is 13.8. The molecule has 2 aromatic heterocycles. The van der Waals surface area contributed by atoms with Gasteiger partial charge in [0.05, 0.1) is 11.5 Å². The molecule has 0 aliphatic carbocycles. The number of nitrogens with one attached hydrogen (secondary N) is 2. The van der Waals surface area contributed by atoms with Gasteiger partial charge in [-0.3, -0.25) is 14.4 Å². The van der Waals surface area contributed by atoms with Crippen LogP contribution in [0, 0.1) is 6.92 Å². The van der Waals surface area contributed by atoms with Crippen LogP contribution in [-0.2, 0) is 9.59 Å². The normalized spacial score (nSPS) is 10.7. The van der Waals surface area contributed by atoms with Crippen molar-refractivity contribution >= 4 is 51.4 Å². The molecule has 0 spiro atoms. The molecule has 2 heterocycles. The third kappa shape index (κ3) is 4.46. The van der Waals surface area contributed by atoms with E-state index < -0.39 is 0 Å². The third-order valence-electron chi connectivity index (χ3n) is 3.23. The molecule has 0 radical (unpaired) electrons. The Morgan fingerprint density at radius 3 is 2.58 bits per heavy atom. The highest BCUT2D eigenvalue weighted by Gasteiger charge is 2.11. The average Bonchev–Trinajstić information content (AvgIpc) is 2.98. The molecule has 26 heavy (non-hydrogen) atoms. The van der Waals surface area contributed by atoms with Crippen molar-refractivity contribution in [1.82, 2.24) is 14.6 Å². The van der Waals surface area contributed by atoms with Gasteiger partial charge >= 0.3 is 0 Å². The summed E-state index contributed by atoms with van der Waals surface area (Å²) in [4.78, 5) is 39.7. The molecule has 3 rings (SSSR count). The van der Waals surface area contributed by atoms with E-state index in [0.29, 0.717) is 10.8 Å². The summed E-state index contributed by atoms with van der Waals surface area (Å²) < 4.78 is 1.42. The molecule has 10 heteroatoms. The fourth-order valence-corrected chi connectivity index (χ4v) is 3.43. The Morgan fingerprint density at radius 1 is 1.15 bits per heavy atom. The van der Waals surface area contributed by atoms with E-state index in [1.54, 1.807) is 24.4 Å². The fraction of sp³-hybridized carbons (Fsp3) is 0.188. The van der Waals surface area contributed by atoms with Gasteiger partial charge in [-0.05, 0) is 19.1 Å². The predicted octanol–water partition coefficient (Wildman–Crippen LogP) is 1.77. The summed E-state index contributed by atoms with van der Waals surface area (Å²) in [6.07, 6.45) is 0. The molecule has 0 aliphatic rings. The second-order valence-corrected chi connectivity index (χ2v) is 7.10. The van der Waals surface area contributed by atoms with Gasteiger partial charge < -0.3 is 10.6 Å². The number of carbonyl (C=O) groups is 2. The summed E-state index contributed by atoms with van der Waals surface area (Å²) in [5.74, 6) is 0.291. The zero-order chi connectivity index (χ0) is 18.5. The first-order valence-corrected chi connectivity index (χ1v) is 9.64. The molecule has 0 bridgehead atoms. The maximum absolute atomic E-state index is 12.1. The molecule has 2 N–H and O–H groups in total. The number of carbonyl (C=O) groups excluding carboxylic acids is 2. The number of aryl methyl sites for hydroxylation is 1. The van der Waals surface area contributed by atoms with Crippen molar-refractivity contribution < 1.29 is 9.59 Å². The van der Waals surface area contributed by atoms with Crippen molar-refractivity contribution in [3.05, 3.63) is 51.8 Å². The summed E-state index contributed by atoms with van der Waals surface area (Å²) in [5.41, 5.74) is 0.587. The van der Waals surface area contributed by atoms with Crippen LogP contribution in [0.2, 0.25) is 0 Å². The van der Waals surface area contributed by atoms with Gasteiger partial charge in [-0.25, -0.2) is 0 Å². The lowest BCUT2D eigenvalue weighted by atomic mass is 10.3. The van der Waals surface area contributed by atoms with Gasteiger partial charge in [-0.1, -0.05) is 18.2 Å². The van der Waals surface area contributed by atoms with Crippen LogP contribution in [-0.4, -0.2) is 37.9 Å². The van der Waals surface area contributed by atoms with E-state index in [9.17, 15) is 14.4 Å². The van der Waals surface area contributed by atoms with Gasteiger partial charge in [0.2, 0.25) is 16.8 Å². The largest absolute Gasteiger partial charge is 0.325 e. The molecule has 0 saturated carbocycles. The van der Waals surface area contributed by atoms with E-state index in [2.05, 4.69) is 20.7 Å². The minimum Gasteiger partial charge on any atom is -0.325 e. The Kier molecular flexibility index (Phi) is 5.64. The molecule has 2 amide bonds. The molecule has 1 aromatic carbocycles. The summed E-state index contributed by atoms with van der Waals surface area (Å²) in [7, 11) is 0. The van der Waals surface area contributed by atoms with Crippen LogP contribution in [0.5, 0.6) is 0 Å². The van der Waals surface area contributed by atoms with Crippen molar-refractivity contribution in [1.29, 1.82) is 0 Å². The molecular formula is C16H15N5O3S2. The summed E-state index contributed by atoms with van der Waals surface area (Å²) in [6.45, 7) is 1.56. The van der Waals surface area contributed by atoms with Gasteiger partial charge in [0, 0.05) is 11.1 Å². The monoisotopic (exact) mass is 389 g/mol. The Hall–Kier alpha value is -2.72. The highest BCUT2D eigenvalue weighted by atomic mass is 32.2. The van der Waals surface area contributed by atoms with Crippen LogP contribution >= 0.6 is 23.1 Å². The number of nitrogens with zero attached hydrogens (tertiary/aromatic N) is 3. The predicted molar refractivity (Wildman–Crippen MR) is 103 cm³/mol. The van der Waals surface area contributed by atoms with Gasteiger partial charge in [-0.15, -0.1) is 23.1 Å². The van der Waals surface area contributed by atoms with Crippen molar-refractivity contribution in [2.24, 2.45) is 0 Å². The standard InChI is InChI=1S/C16H15N5O3S2/c1-10-15(24)19-16-21(20-10)12(7-26-16)18-14(23)9-25-8-13(22)17-11-5-3-2-4-6-11/h2-7H,8-9H2,1H3,(H,17,22)(H,18,23).